The Morgan fingerprint density at radius 1 is 1.25 bits per heavy atom. The van der Waals surface area contributed by atoms with Crippen molar-refractivity contribution in [3.8, 4) is 0 Å². The van der Waals surface area contributed by atoms with Gasteiger partial charge in [0, 0.05) is 12.4 Å². The standard InChI is InChI=1S/C13H25N3/c1-3-4-5-6-7-8-9-12(14-2)13-15-10-11-16-13/h10-12,14H,3-9H2,1-2H3,(H,15,16). The van der Waals surface area contributed by atoms with Crippen molar-refractivity contribution in [2.75, 3.05) is 7.05 Å². The summed E-state index contributed by atoms with van der Waals surface area (Å²) in [5.74, 6) is 1.07. The van der Waals surface area contributed by atoms with Gasteiger partial charge in [0.15, 0.2) is 0 Å². The molecule has 0 bridgehead atoms. The predicted molar refractivity (Wildman–Crippen MR) is 68.4 cm³/mol. The third-order valence-corrected chi connectivity index (χ3v) is 3.04. The molecule has 0 saturated heterocycles. The third-order valence-electron chi connectivity index (χ3n) is 3.04. The second kappa shape index (κ2) is 8.34. The summed E-state index contributed by atoms with van der Waals surface area (Å²) in [5.41, 5.74) is 0. The second-order valence-corrected chi connectivity index (χ2v) is 4.37. The lowest BCUT2D eigenvalue weighted by molar-refractivity contribution is 0.482. The van der Waals surface area contributed by atoms with E-state index in [9.17, 15) is 0 Å². The Morgan fingerprint density at radius 2 is 2.00 bits per heavy atom. The van der Waals surface area contributed by atoms with E-state index >= 15 is 0 Å². The number of H-pyrrole nitrogens is 1. The number of nitrogens with one attached hydrogen (secondary N) is 2. The molecule has 3 heteroatoms. The molecule has 0 aliphatic carbocycles. The van der Waals surface area contributed by atoms with Crippen molar-refractivity contribution in [1.82, 2.24) is 15.3 Å². The molecule has 1 heterocycles. The van der Waals surface area contributed by atoms with Crippen LogP contribution in [0, 0.1) is 0 Å². The molecule has 2 N–H and O–H groups in total. The van der Waals surface area contributed by atoms with Crippen LogP contribution in [0.25, 0.3) is 0 Å². The van der Waals surface area contributed by atoms with Gasteiger partial charge in [0.25, 0.3) is 0 Å². The van der Waals surface area contributed by atoms with Gasteiger partial charge in [-0.1, -0.05) is 45.4 Å². The van der Waals surface area contributed by atoms with E-state index in [0.29, 0.717) is 6.04 Å². The maximum atomic E-state index is 4.30. The Kier molecular flexibility index (Phi) is 6.90. The van der Waals surface area contributed by atoms with E-state index in [1.54, 1.807) is 0 Å². The van der Waals surface area contributed by atoms with Gasteiger partial charge in [-0.2, -0.15) is 0 Å². The Morgan fingerprint density at radius 3 is 2.62 bits per heavy atom. The Balaban J connectivity index is 2.11. The van der Waals surface area contributed by atoms with Gasteiger partial charge in [-0.25, -0.2) is 4.98 Å². The summed E-state index contributed by atoms with van der Waals surface area (Å²) in [6, 6.07) is 0.390. The number of aromatic amines is 1. The number of nitrogens with zero attached hydrogens (tertiary/aromatic N) is 1. The minimum Gasteiger partial charge on any atom is -0.347 e. The molecule has 3 nitrogen and oxygen atoms in total. The normalized spacial score (nSPS) is 12.9. The van der Waals surface area contributed by atoms with E-state index in [0.717, 1.165) is 5.82 Å². The highest BCUT2D eigenvalue weighted by Crippen LogP contribution is 2.16. The Hall–Kier alpha value is -0.830. The Labute approximate surface area is 99.1 Å². The van der Waals surface area contributed by atoms with Crippen molar-refractivity contribution in [1.29, 1.82) is 0 Å². The lowest BCUT2D eigenvalue weighted by atomic mass is 10.1. The van der Waals surface area contributed by atoms with Crippen molar-refractivity contribution in [3.63, 3.8) is 0 Å². The molecule has 0 radical (unpaired) electrons. The minimum atomic E-state index is 0.390. The molecule has 92 valence electrons. The lowest BCUT2D eigenvalue weighted by Gasteiger charge is -2.13. The average Bonchev–Trinajstić information content (AvgIpc) is 2.82. The van der Waals surface area contributed by atoms with E-state index in [-0.39, 0.29) is 0 Å². The van der Waals surface area contributed by atoms with E-state index in [1.807, 2.05) is 19.4 Å². The van der Waals surface area contributed by atoms with Crippen LogP contribution >= 0.6 is 0 Å². The number of unbranched alkanes of at least 4 members (excludes halogenated alkanes) is 5. The average molecular weight is 223 g/mol. The monoisotopic (exact) mass is 223 g/mol. The first kappa shape index (κ1) is 13.2. The topological polar surface area (TPSA) is 40.7 Å². The highest BCUT2D eigenvalue weighted by atomic mass is 15.0. The first-order valence-electron chi connectivity index (χ1n) is 6.55. The fourth-order valence-corrected chi connectivity index (χ4v) is 2.01. The minimum absolute atomic E-state index is 0.390. The van der Waals surface area contributed by atoms with Crippen molar-refractivity contribution >= 4 is 0 Å². The summed E-state index contributed by atoms with van der Waals surface area (Å²) in [7, 11) is 2.00. The van der Waals surface area contributed by atoms with Gasteiger partial charge < -0.3 is 10.3 Å². The van der Waals surface area contributed by atoms with Crippen molar-refractivity contribution in [2.45, 2.75) is 57.9 Å². The molecule has 1 atom stereocenters. The fourth-order valence-electron chi connectivity index (χ4n) is 2.01. The SMILES string of the molecule is CCCCCCCCC(NC)c1ncc[nH]1. The fraction of sp³-hybridized carbons (Fsp3) is 0.769. The van der Waals surface area contributed by atoms with E-state index in [2.05, 4.69) is 22.2 Å². The number of hydrogen-bond donors (Lipinski definition) is 2. The molecule has 0 aliphatic heterocycles. The summed E-state index contributed by atoms with van der Waals surface area (Å²) in [6.45, 7) is 2.26. The van der Waals surface area contributed by atoms with Gasteiger partial charge in [-0.05, 0) is 13.5 Å². The van der Waals surface area contributed by atoms with Crippen LogP contribution in [-0.4, -0.2) is 17.0 Å². The van der Waals surface area contributed by atoms with Gasteiger partial charge in [-0.3, -0.25) is 0 Å². The van der Waals surface area contributed by atoms with Crippen molar-refractivity contribution in [3.05, 3.63) is 18.2 Å². The zero-order chi connectivity index (χ0) is 11.6. The van der Waals surface area contributed by atoms with Crippen LogP contribution in [0.1, 0.15) is 63.7 Å². The van der Waals surface area contributed by atoms with Gasteiger partial charge in [0.2, 0.25) is 0 Å². The number of rotatable bonds is 9. The van der Waals surface area contributed by atoms with Crippen LogP contribution in [0.3, 0.4) is 0 Å². The molecule has 0 aliphatic rings. The Bertz CT molecular complexity index is 244. The summed E-state index contributed by atoms with van der Waals surface area (Å²) >= 11 is 0. The molecular formula is C13H25N3. The van der Waals surface area contributed by atoms with Gasteiger partial charge in [0.1, 0.15) is 5.82 Å². The van der Waals surface area contributed by atoms with Crippen molar-refractivity contribution in [2.24, 2.45) is 0 Å². The first-order valence-corrected chi connectivity index (χ1v) is 6.55. The van der Waals surface area contributed by atoms with Gasteiger partial charge in [0.05, 0.1) is 6.04 Å². The molecule has 0 fully saturated rings. The second-order valence-electron chi connectivity index (χ2n) is 4.37. The number of imidazole rings is 1. The molecular weight excluding hydrogens is 198 g/mol. The van der Waals surface area contributed by atoms with Crippen LogP contribution in [0.2, 0.25) is 0 Å². The molecule has 0 amide bonds. The lowest BCUT2D eigenvalue weighted by Crippen LogP contribution is -2.17. The molecule has 1 aromatic rings. The van der Waals surface area contributed by atoms with E-state index in [4.69, 9.17) is 0 Å². The van der Waals surface area contributed by atoms with Gasteiger partial charge >= 0.3 is 0 Å². The maximum Gasteiger partial charge on any atom is 0.123 e. The van der Waals surface area contributed by atoms with Crippen LogP contribution in [0.15, 0.2) is 12.4 Å². The van der Waals surface area contributed by atoms with Crippen molar-refractivity contribution < 1.29 is 0 Å². The van der Waals surface area contributed by atoms with Gasteiger partial charge in [-0.15, -0.1) is 0 Å². The smallest absolute Gasteiger partial charge is 0.123 e. The molecule has 0 saturated carbocycles. The van der Waals surface area contributed by atoms with E-state index in [1.165, 1.54) is 44.9 Å². The zero-order valence-corrected chi connectivity index (χ0v) is 10.6. The summed E-state index contributed by atoms with van der Waals surface area (Å²) in [5, 5.41) is 3.31. The van der Waals surface area contributed by atoms with Crippen LogP contribution < -0.4 is 5.32 Å². The quantitative estimate of drug-likeness (QED) is 0.630. The summed E-state index contributed by atoms with van der Waals surface area (Å²) in [4.78, 5) is 7.47. The van der Waals surface area contributed by atoms with Crippen LogP contribution in [0.4, 0.5) is 0 Å². The third kappa shape index (κ3) is 4.79. The number of aromatic nitrogens is 2. The molecule has 0 aromatic carbocycles. The van der Waals surface area contributed by atoms with Crippen LogP contribution in [-0.2, 0) is 0 Å². The molecule has 1 aromatic heterocycles. The van der Waals surface area contributed by atoms with E-state index < -0.39 is 0 Å². The molecule has 1 unspecified atom stereocenters. The molecule has 0 spiro atoms. The molecule has 16 heavy (non-hydrogen) atoms. The largest absolute Gasteiger partial charge is 0.347 e. The first-order chi connectivity index (χ1) is 7.88. The zero-order valence-electron chi connectivity index (χ0n) is 10.6. The molecule has 1 rings (SSSR count). The number of hydrogen-bond acceptors (Lipinski definition) is 2. The maximum absolute atomic E-state index is 4.30. The predicted octanol–water partition coefficient (Wildman–Crippen LogP) is 3.42. The summed E-state index contributed by atoms with van der Waals surface area (Å²) in [6.07, 6.45) is 13.0. The highest BCUT2D eigenvalue weighted by molar-refractivity contribution is 4.94. The highest BCUT2D eigenvalue weighted by Gasteiger charge is 2.10. The summed E-state index contributed by atoms with van der Waals surface area (Å²) < 4.78 is 0. The van der Waals surface area contributed by atoms with Crippen LogP contribution in [0.5, 0.6) is 0 Å².